The van der Waals surface area contributed by atoms with Gasteiger partial charge in [-0.25, -0.2) is 4.39 Å². The predicted molar refractivity (Wildman–Crippen MR) is 118 cm³/mol. The van der Waals surface area contributed by atoms with E-state index in [0.717, 1.165) is 5.56 Å². The van der Waals surface area contributed by atoms with Gasteiger partial charge in [-0.2, -0.15) is 0 Å². The lowest BCUT2D eigenvalue weighted by molar-refractivity contribution is -0.119. The molecular weight excluding hydrogens is 399 g/mol. The van der Waals surface area contributed by atoms with Gasteiger partial charge in [-0.15, -0.1) is 0 Å². The topological polar surface area (TPSA) is 68.8 Å². The molecule has 0 bridgehead atoms. The second kappa shape index (κ2) is 10.9. The monoisotopic (exact) mass is 424 g/mol. The number of hydrogen-bond donors (Lipinski definition) is 2. The van der Waals surface area contributed by atoms with Crippen molar-refractivity contribution >= 4 is 11.6 Å². The summed E-state index contributed by atoms with van der Waals surface area (Å²) in [6, 6.07) is 19.2. The van der Waals surface area contributed by atoms with E-state index in [4.69, 9.17) is 14.2 Å². The van der Waals surface area contributed by atoms with Gasteiger partial charge in [-0.1, -0.05) is 30.3 Å². The van der Waals surface area contributed by atoms with E-state index in [2.05, 4.69) is 10.6 Å². The normalized spacial score (nSPS) is 10.3. The van der Waals surface area contributed by atoms with Crippen molar-refractivity contribution in [2.45, 2.75) is 6.42 Å². The maximum atomic E-state index is 14.3. The number of anilines is 1. The molecule has 0 aliphatic heterocycles. The minimum absolute atomic E-state index is 0.0853. The number of methoxy groups -OCH3 is 2. The summed E-state index contributed by atoms with van der Waals surface area (Å²) in [4.78, 5) is 12.2. The number of para-hydroxylation sites is 2. The van der Waals surface area contributed by atoms with E-state index in [1.165, 1.54) is 6.07 Å². The van der Waals surface area contributed by atoms with Gasteiger partial charge in [0.15, 0.2) is 17.2 Å². The quantitative estimate of drug-likeness (QED) is 0.505. The Morgan fingerprint density at radius 3 is 2.42 bits per heavy atom. The zero-order valence-electron chi connectivity index (χ0n) is 17.5. The maximum Gasteiger partial charge on any atom is 0.239 e. The van der Waals surface area contributed by atoms with Crippen molar-refractivity contribution < 1.29 is 23.4 Å². The molecule has 3 rings (SSSR count). The van der Waals surface area contributed by atoms with E-state index in [9.17, 15) is 9.18 Å². The summed E-state index contributed by atoms with van der Waals surface area (Å²) in [5, 5.41) is 5.65. The molecule has 0 saturated heterocycles. The number of hydrogen-bond acceptors (Lipinski definition) is 5. The Labute approximate surface area is 181 Å². The van der Waals surface area contributed by atoms with Crippen molar-refractivity contribution in [3.8, 4) is 23.0 Å². The molecule has 0 heterocycles. The average Bonchev–Trinajstić information content (AvgIpc) is 2.79. The number of carbonyl (C=O) groups is 1. The van der Waals surface area contributed by atoms with E-state index >= 15 is 0 Å². The smallest absolute Gasteiger partial charge is 0.239 e. The molecule has 0 unspecified atom stereocenters. The van der Waals surface area contributed by atoms with Crippen LogP contribution in [0.3, 0.4) is 0 Å². The van der Waals surface area contributed by atoms with Crippen LogP contribution in [-0.4, -0.2) is 33.2 Å². The molecule has 3 aromatic rings. The molecular formula is C24H25FN2O4. The summed E-state index contributed by atoms with van der Waals surface area (Å²) in [5.41, 5.74) is 1.14. The molecule has 6 nitrogen and oxygen atoms in total. The van der Waals surface area contributed by atoms with E-state index in [1.54, 1.807) is 38.5 Å². The zero-order chi connectivity index (χ0) is 22.1. The molecule has 31 heavy (non-hydrogen) atoms. The Kier molecular flexibility index (Phi) is 7.70. The highest BCUT2D eigenvalue weighted by Gasteiger charge is 2.12. The van der Waals surface area contributed by atoms with Gasteiger partial charge in [0, 0.05) is 6.54 Å². The molecule has 0 saturated carbocycles. The molecule has 0 spiro atoms. The highest BCUT2D eigenvalue weighted by molar-refractivity contribution is 5.81. The van der Waals surface area contributed by atoms with E-state index in [0.29, 0.717) is 36.0 Å². The van der Waals surface area contributed by atoms with E-state index in [-0.39, 0.29) is 18.1 Å². The number of amides is 1. The molecule has 7 heteroatoms. The van der Waals surface area contributed by atoms with Crippen LogP contribution in [0, 0.1) is 5.82 Å². The standard InChI is InChI=1S/C24H25FN2O4/c1-29-20-12-11-17(15-22(20)30-2)13-14-26-23(28)16-27-24-19(25)9-6-10-21(24)31-18-7-4-3-5-8-18/h3-12,15,27H,13-14,16H2,1-2H3,(H,26,28). The van der Waals surface area contributed by atoms with Crippen LogP contribution in [0.15, 0.2) is 66.7 Å². The minimum atomic E-state index is -0.494. The second-order valence-electron chi connectivity index (χ2n) is 6.67. The fourth-order valence-electron chi connectivity index (χ4n) is 2.99. The van der Waals surface area contributed by atoms with Crippen LogP contribution in [0.1, 0.15) is 5.56 Å². The van der Waals surface area contributed by atoms with Crippen LogP contribution in [0.2, 0.25) is 0 Å². The summed E-state index contributed by atoms with van der Waals surface area (Å²) < 4.78 is 30.6. The Morgan fingerprint density at radius 2 is 1.68 bits per heavy atom. The highest BCUT2D eigenvalue weighted by Crippen LogP contribution is 2.31. The van der Waals surface area contributed by atoms with Gasteiger partial charge in [0.05, 0.1) is 20.8 Å². The predicted octanol–water partition coefficient (Wildman–Crippen LogP) is 4.41. The van der Waals surface area contributed by atoms with Crippen LogP contribution < -0.4 is 24.8 Å². The third-order valence-electron chi connectivity index (χ3n) is 4.56. The SMILES string of the molecule is COc1ccc(CCNC(=O)CNc2c(F)cccc2Oc2ccccc2)cc1OC. The first-order valence-electron chi connectivity index (χ1n) is 9.83. The van der Waals surface area contributed by atoms with Gasteiger partial charge in [0.25, 0.3) is 0 Å². The van der Waals surface area contributed by atoms with Crippen molar-refractivity contribution in [1.29, 1.82) is 0 Å². The first-order valence-corrected chi connectivity index (χ1v) is 9.83. The Bertz CT molecular complexity index is 1010. The average molecular weight is 424 g/mol. The zero-order valence-corrected chi connectivity index (χ0v) is 17.5. The third-order valence-corrected chi connectivity index (χ3v) is 4.56. The first-order chi connectivity index (χ1) is 15.1. The largest absolute Gasteiger partial charge is 0.493 e. The van der Waals surface area contributed by atoms with Gasteiger partial charge in [-0.05, 0) is 48.4 Å². The number of carbonyl (C=O) groups excluding carboxylic acids is 1. The van der Waals surface area contributed by atoms with Crippen LogP contribution >= 0.6 is 0 Å². The first kappa shape index (κ1) is 22.0. The van der Waals surface area contributed by atoms with Gasteiger partial charge >= 0.3 is 0 Å². The number of rotatable bonds is 10. The van der Waals surface area contributed by atoms with Crippen molar-refractivity contribution in [2.75, 3.05) is 32.6 Å². The second-order valence-corrected chi connectivity index (χ2v) is 6.67. The molecule has 162 valence electrons. The third kappa shape index (κ3) is 6.12. The molecule has 3 aromatic carbocycles. The Morgan fingerprint density at radius 1 is 0.903 bits per heavy atom. The molecule has 0 aliphatic carbocycles. The molecule has 0 aliphatic rings. The fourth-order valence-corrected chi connectivity index (χ4v) is 2.99. The molecule has 0 atom stereocenters. The summed E-state index contributed by atoms with van der Waals surface area (Å²) in [6.45, 7) is 0.346. The van der Waals surface area contributed by atoms with E-state index in [1.807, 2.05) is 36.4 Å². The Hall–Kier alpha value is -3.74. The summed E-state index contributed by atoms with van der Waals surface area (Å²) >= 11 is 0. The lowest BCUT2D eigenvalue weighted by atomic mass is 10.1. The number of nitrogens with one attached hydrogen (secondary N) is 2. The molecule has 2 N–H and O–H groups in total. The number of benzene rings is 3. The molecule has 0 radical (unpaired) electrons. The van der Waals surface area contributed by atoms with Crippen molar-refractivity contribution in [3.05, 3.63) is 78.1 Å². The van der Waals surface area contributed by atoms with Crippen molar-refractivity contribution in [3.63, 3.8) is 0 Å². The lowest BCUT2D eigenvalue weighted by Gasteiger charge is -2.14. The highest BCUT2D eigenvalue weighted by atomic mass is 19.1. The number of ether oxygens (including phenoxy) is 3. The maximum absolute atomic E-state index is 14.3. The van der Waals surface area contributed by atoms with Crippen LogP contribution in [0.5, 0.6) is 23.0 Å². The molecule has 0 aromatic heterocycles. The van der Waals surface area contributed by atoms with Gasteiger partial charge in [0.1, 0.15) is 17.3 Å². The van der Waals surface area contributed by atoms with Crippen molar-refractivity contribution in [1.82, 2.24) is 5.32 Å². The van der Waals surface area contributed by atoms with E-state index < -0.39 is 5.82 Å². The number of halogens is 1. The summed E-state index contributed by atoms with van der Waals surface area (Å²) in [7, 11) is 3.16. The van der Waals surface area contributed by atoms with Gasteiger partial charge in [0.2, 0.25) is 5.91 Å². The van der Waals surface area contributed by atoms with Gasteiger partial charge in [-0.3, -0.25) is 4.79 Å². The minimum Gasteiger partial charge on any atom is -0.493 e. The Balaban J connectivity index is 1.53. The van der Waals surface area contributed by atoms with Crippen LogP contribution in [-0.2, 0) is 11.2 Å². The summed E-state index contributed by atoms with van der Waals surface area (Å²) in [5.74, 6) is 1.43. The van der Waals surface area contributed by atoms with Crippen molar-refractivity contribution in [2.24, 2.45) is 0 Å². The molecule has 0 fully saturated rings. The van der Waals surface area contributed by atoms with Crippen LogP contribution in [0.25, 0.3) is 0 Å². The molecule has 1 amide bonds. The lowest BCUT2D eigenvalue weighted by Crippen LogP contribution is -2.31. The fraction of sp³-hybridized carbons (Fsp3) is 0.208. The van der Waals surface area contributed by atoms with Gasteiger partial charge < -0.3 is 24.8 Å². The summed E-state index contributed by atoms with van der Waals surface area (Å²) in [6.07, 6.45) is 0.619. The van der Waals surface area contributed by atoms with Crippen LogP contribution in [0.4, 0.5) is 10.1 Å².